The molecule has 0 spiro atoms. The molecule has 3 nitrogen and oxygen atoms in total. The van der Waals surface area contributed by atoms with Crippen molar-refractivity contribution in [3.8, 4) is 0 Å². The summed E-state index contributed by atoms with van der Waals surface area (Å²) in [6.07, 6.45) is -0.293. The lowest BCUT2D eigenvalue weighted by atomic mass is 10.0. The minimum absolute atomic E-state index is 0.0189. The van der Waals surface area contributed by atoms with Gasteiger partial charge in [0, 0.05) is 12.1 Å². The number of hydrogen-bond acceptors (Lipinski definition) is 2. The summed E-state index contributed by atoms with van der Waals surface area (Å²) in [6.45, 7) is 4.93. The number of carbonyl (C=O) groups excluding carboxylic acids is 1. The highest BCUT2D eigenvalue weighted by Crippen LogP contribution is 2.26. The molecule has 0 aromatic heterocycles. The molecule has 23 heavy (non-hydrogen) atoms. The molecule has 0 saturated carbocycles. The summed E-state index contributed by atoms with van der Waals surface area (Å²) < 4.78 is 19.0. The lowest BCUT2D eigenvalue weighted by Gasteiger charge is -2.37. The molecule has 0 radical (unpaired) electrons. The Morgan fingerprint density at radius 3 is 2.52 bits per heavy atom. The van der Waals surface area contributed by atoms with Gasteiger partial charge in [-0.15, -0.1) is 0 Å². The first-order valence-corrected chi connectivity index (χ1v) is 7.80. The number of amides is 1. The Kier molecular flexibility index (Phi) is 4.44. The maximum absolute atomic E-state index is 13.1. The number of aryl methyl sites for hydroxylation is 1. The van der Waals surface area contributed by atoms with Gasteiger partial charge in [-0.05, 0) is 43.2 Å². The second-order valence-corrected chi connectivity index (χ2v) is 6.01. The Morgan fingerprint density at radius 1 is 1.13 bits per heavy atom. The van der Waals surface area contributed by atoms with E-state index in [4.69, 9.17) is 4.74 Å². The van der Waals surface area contributed by atoms with Gasteiger partial charge in [0.1, 0.15) is 11.9 Å². The summed E-state index contributed by atoms with van der Waals surface area (Å²) in [5.41, 5.74) is 2.58. The van der Waals surface area contributed by atoms with Gasteiger partial charge in [-0.1, -0.05) is 30.3 Å². The van der Waals surface area contributed by atoms with Crippen molar-refractivity contribution in [1.29, 1.82) is 0 Å². The lowest BCUT2D eigenvalue weighted by molar-refractivity contribution is -0.0692. The minimum Gasteiger partial charge on any atom is -0.367 e. The first-order valence-electron chi connectivity index (χ1n) is 7.80. The van der Waals surface area contributed by atoms with Crippen molar-refractivity contribution < 1.29 is 13.9 Å². The summed E-state index contributed by atoms with van der Waals surface area (Å²) in [5, 5.41) is 0. The molecule has 1 aliphatic rings. The molecule has 0 N–H and O–H groups in total. The minimum atomic E-state index is -0.273. The molecule has 1 aliphatic heterocycles. The molecule has 2 unspecified atom stereocenters. The summed E-state index contributed by atoms with van der Waals surface area (Å²) >= 11 is 0. The van der Waals surface area contributed by atoms with E-state index in [0.717, 1.165) is 16.7 Å². The van der Waals surface area contributed by atoms with E-state index in [-0.39, 0.29) is 23.9 Å². The third-order valence-electron chi connectivity index (χ3n) is 4.16. The maximum atomic E-state index is 13.1. The van der Waals surface area contributed by atoms with Gasteiger partial charge < -0.3 is 9.64 Å². The Bertz CT molecular complexity index is 699. The molecular formula is C19H20FNO2. The number of morpholine rings is 1. The van der Waals surface area contributed by atoms with Gasteiger partial charge in [0.15, 0.2) is 0 Å². The van der Waals surface area contributed by atoms with E-state index in [9.17, 15) is 9.18 Å². The van der Waals surface area contributed by atoms with Crippen molar-refractivity contribution in [3.63, 3.8) is 0 Å². The zero-order chi connectivity index (χ0) is 16.4. The molecule has 2 atom stereocenters. The fourth-order valence-corrected chi connectivity index (χ4v) is 2.96. The predicted molar refractivity (Wildman–Crippen MR) is 86.8 cm³/mol. The summed E-state index contributed by atoms with van der Waals surface area (Å²) in [5.74, 6) is -0.254. The highest BCUT2D eigenvalue weighted by atomic mass is 19.1. The molecule has 2 aromatic carbocycles. The standard InChI is InChI=1S/C19H20FNO2/c1-13-5-3-4-6-17(13)19(22)21-11-14(2)23-18(12-21)15-7-9-16(20)10-8-15/h3-10,14,18H,11-12H2,1-2H3. The molecule has 1 heterocycles. The smallest absolute Gasteiger partial charge is 0.254 e. The van der Waals surface area contributed by atoms with E-state index in [0.29, 0.717) is 13.1 Å². The Balaban J connectivity index is 1.82. The van der Waals surface area contributed by atoms with Crippen LogP contribution in [0.15, 0.2) is 48.5 Å². The first kappa shape index (κ1) is 15.7. The molecule has 3 rings (SSSR count). The predicted octanol–water partition coefficient (Wildman–Crippen LogP) is 3.74. The summed E-state index contributed by atoms with van der Waals surface area (Å²) in [4.78, 5) is 14.6. The summed E-state index contributed by atoms with van der Waals surface area (Å²) in [6, 6.07) is 13.9. The highest BCUT2D eigenvalue weighted by molar-refractivity contribution is 5.95. The van der Waals surface area contributed by atoms with Crippen LogP contribution in [0.25, 0.3) is 0 Å². The number of benzene rings is 2. The third-order valence-corrected chi connectivity index (χ3v) is 4.16. The van der Waals surface area contributed by atoms with E-state index in [1.54, 1.807) is 12.1 Å². The van der Waals surface area contributed by atoms with Crippen LogP contribution in [-0.2, 0) is 4.74 Å². The van der Waals surface area contributed by atoms with Crippen LogP contribution in [0.5, 0.6) is 0 Å². The third kappa shape index (κ3) is 3.42. The fourth-order valence-electron chi connectivity index (χ4n) is 2.96. The molecule has 1 amide bonds. The average molecular weight is 313 g/mol. The zero-order valence-electron chi connectivity index (χ0n) is 13.3. The molecule has 0 aliphatic carbocycles. The largest absolute Gasteiger partial charge is 0.367 e. The van der Waals surface area contributed by atoms with Crippen LogP contribution in [0.3, 0.4) is 0 Å². The van der Waals surface area contributed by atoms with Gasteiger partial charge in [-0.2, -0.15) is 0 Å². The number of rotatable bonds is 2. The normalized spacial score (nSPS) is 21.3. The van der Waals surface area contributed by atoms with E-state index >= 15 is 0 Å². The van der Waals surface area contributed by atoms with Crippen LogP contribution in [0.4, 0.5) is 4.39 Å². The van der Waals surface area contributed by atoms with Crippen molar-refractivity contribution >= 4 is 5.91 Å². The van der Waals surface area contributed by atoms with Crippen LogP contribution in [0.2, 0.25) is 0 Å². The maximum Gasteiger partial charge on any atom is 0.254 e. The molecule has 1 fully saturated rings. The number of halogens is 1. The molecule has 1 saturated heterocycles. The second kappa shape index (κ2) is 6.50. The van der Waals surface area contributed by atoms with Gasteiger partial charge in [0.25, 0.3) is 5.91 Å². The van der Waals surface area contributed by atoms with Gasteiger partial charge in [0.2, 0.25) is 0 Å². The van der Waals surface area contributed by atoms with E-state index < -0.39 is 0 Å². The Morgan fingerprint density at radius 2 is 1.83 bits per heavy atom. The van der Waals surface area contributed by atoms with Crippen LogP contribution >= 0.6 is 0 Å². The number of carbonyl (C=O) groups is 1. The topological polar surface area (TPSA) is 29.5 Å². The SMILES string of the molecule is Cc1ccccc1C(=O)N1CC(C)OC(c2ccc(F)cc2)C1. The van der Waals surface area contributed by atoms with E-state index in [1.165, 1.54) is 12.1 Å². The first-order chi connectivity index (χ1) is 11.0. The lowest BCUT2D eigenvalue weighted by Crippen LogP contribution is -2.46. The Hall–Kier alpha value is -2.20. The quantitative estimate of drug-likeness (QED) is 0.845. The number of hydrogen-bond donors (Lipinski definition) is 0. The molecule has 0 bridgehead atoms. The second-order valence-electron chi connectivity index (χ2n) is 6.01. The van der Waals surface area contributed by atoms with Gasteiger partial charge in [0.05, 0.1) is 12.6 Å². The van der Waals surface area contributed by atoms with E-state index in [2.05, 4.69) is 0 Å². The average Bonchev–Trinajstić information content (AvgIpc) is 2.55. The van der Waals surface area contributed by atoms with Crippen molar-refractivity contribution in [1.82, 2.24) is 4.90 Å². The van der Waals surface area contributed by atoms with Crippen LogP contribution < -0.4 is 0 Å². The Labute approximate surface area is 135 Å². The molecule has 120 valence electrons. The zero-order valence-corrected chi connectivity index (χ0v) is 13.3. The monoisotopic (exact) mass is 313 g/mol. The summed E-state index contributed by atoms with van der Waals surface area (Å²) in [7, 11) is 0. The van der Waals surface area contributed by atoms with Gasteiger partial charge >= 0.3 is 0 Å². The molecule has 2 aromatic rings. The van der Waals surface area contributed by atoms with Crippen molar-refractivity contribution in [2.24, 2.45) is 0 Å². The van der Waals surface area contributed by atoms with Crippen LogP contribution in [-0.4, -0.2) is 30.0 Å². The van der Waals surface area contributed by atoms with Gasteiger partial charge in [-0.25, -0.2) is 4.39 Å². The van der Waals surface area contributed by atoms with Gasteiger partial charge in [-0.3, -0.25) is 4.79 Å². The highest BCUT2D eigenvalue weighted by Gasteiger charge is 2.30. The van der Waals surface area contributed by atoms with Crippen molar-refractivity contribution in [3.05, 3.63) is 71.0 Å². The van der Waals surface area contributed by atoms with E-state index in [1.807, 2.05) is 43.0 Å². The number of ether oxygens (including phenoxy) is 1. The van der Waals surface area contributed by atoms with Crippen LogP contribution in [0, 0.1) is 12.7 Å². The van der Waals surface area contributed by atoms with Crippen molar-refractivity contribution in [2.45, 2.75) is 26.1 Å². The fraction of sp³-hybridized carbons (Fsp3) is 0.316. The molecular weight excluding hydrogens is 293 g/mol. The molecule has 4 heteroatoms. The van der Waals surface area contributed by atoms with Crippen LogP contribution in [0.1, 0.15) is 34.5 Å². The van der Waals surface area contributed by atoms with Crippen molar-refractivity contribution in [2.75, 3.05) is 13.1 Å². The number of nitrogens with zero attached hydrogens (tertiary/aromatic N) is 1.